The second-order valence-electron chi connectivity index (χ2n) is 10.3. The monoisotopic (exact) mass is 531 g/mol. The average molecular weight is 532 g/mol. The van der Waals surface area contributed by atoms with Crippen LogP contribution in [0.4, 0.5) is 4.39 Å². The third-order valence-electron chi connectivity index (χ3n) is 7.65. The summed E-state index contributed by atoms with van der Waals surface area (Å²) in [6.07, 6.45) is 4.99. The van der Waals surface area contributed by atoms with Gasteiger partial charge in [0, 0.05) is 41.6 Å². The van der Waals surface area contributed by atoms with E-state index in [4.69, 9.17) is 4.74 Å². The second kappa shape index (κ2) is 11.4. The van der Waals surface area contributed by atoms with Crippen LogP contribution in [0.15, 0.2) is 53.6 Å². The van der Waals surface area contributed by atoms with Crippen LogP contribution >= 0.6 is 0 Å². The number of carbonyl (C=O) groups excluding carboxylic acids is 1. The number of para-hydroxylation sites is 1. The van der Waals surface area contributed by atoms with Crippen LogP contribution in [-0.4, -0.2) is 45.5 Å². The van der Waals surface area contributed by atoms with E-state index in [1.54, 1.807) is 25.3 Å². The summed E-state index contributed by atoms with van der Waals surface area (Å²) in [4.78, 5) is 35.0. The van der Waals surface area contributed by atoms with E-state index >= 15 is 0 Å². The number of ether oxygens (including phenoxy) is 1. The highest BCUT2D eigenvalue weighted by atomic mass is 19.1. The van der Waals surface area contributed by atoms with Crippen LogP contribution in [-0.2, 0) is 19.6 Å². The third kappa shape index (κ3) is 5.73. The summed E-state index contributed by atoms with van der Waals surface area (Å²) in [6.45, 7) is 7.22. The molecule has 0 unspecified atom stereocenters. The highest BCUT2D eigenvalue weighted by molar-refractivity contribution is 6.08. The first-order valence-electron chi connectivity index (χ1n) is 13.3. The molecule has 0 atom stereocenters. The van der Waals surface area contributed by atoms with E-state index < -0.39 is 0 Å². The molecule has 0 spiro atoms. The number of aromatic amines is 1. The van der Waals surface area contributed by atoms with Gasteiger partial charge in [-0.1, -0.05) is 18.2 Å². The maximum absolute atomic E-state index is 13.5. The van der Waals surface area contributed by atoms with Crippen LogP contribution in [0.2, 0.25) is 0 Å². The summed E-state index contributed by atoms with van der Waals surface area (Å²) in [5.74, 6) is 0.397. The van der Waals surface area contributed by atoms with Crippen molar-refractivity contribution in [3.05, 3.63) is 93.0 Å². The van der Waals surface area contributed by atoms with Gasteiger partial charge >= 0.3 is 0 Å². The van der Waals surface area contributed by atoms with Crippen molar-refractivity contribution in [2.45, 2.75) is 46.3 Å². The molecule has 1 fully saturated rings. The molecule has 4 heterocycles. The van der Waals surface area contributed by atoms with Gasteiger partial charge < -0.3 is 19.6 Å². The minimum atomic E-state index is -0.304. The maximum Gasteiger partial charge on any atom is 0.256 e. The van der Waals surface area contributed by atoms with Gasteiger partial charge in [-0.25, -0.2) is 4.39 Å². The molecule has 1 saturated heterocycles. The molecule has 204 valence electrons. The molecule has 5 rings (SSSR count). The molecule has 9 heteroatoms. The molecule has 0 aliphatic carbocycles. The van der Waals surface area contributed by atoms with Crippen LogP contribution in [0.3, 0.4) is 0 Å². The van der Waals surface area contributed by atoms with E-state index in [0.717, 1.165) is 54.6 Å². The quantitative estimate of drug-likeness (QED) is 0.353. The summed E-state index contributed by atoms with van der Waals surface area (Å²) in [7, 11) is 1.51. The molecule has 0 radical (unpaired) electrons. The fraction of sp³-hybridized carbons (Fsp3) is 0.367. The van der Waals surface area contributed by atoms with Crippen LogP contribution in [0, 0.1) is 25.6 Å². The van der Waals surface area contributed by atoms with E-state index in [0.29, 0.717) is 35.0 Å². The highest BCUT2D eigenvalue weighted by Crippen LogP contribution is 2.29. The van der Waals surface area contributed by atoms with Crippen LogP contribution in [0.1, 0.15) is 45.7 Å². The summed E-state index contributed by atoms with van der Waals surface area (Å²) in [6, 6.07) is 11.3. The number of hydrogen-bond acceptors (Lipinski definition) is 5. The van der Waals surface area contributed by atoms with Gasteiger partial charge in [-0.2, -0.15) is 0 Å². The second-order valence-corrected chi connectivity index (χ2v) is 10.3. The third-order valence-corrected chi connectivity index (χ3v) is 7.65. The van der Waals surface area contributed by atoms with Crippen molar-refractivity contribution >= 4 is 16.8 Å². The van der Waals surface area contributed by atoms with Crippen molar-refractivity contribution in [2.24, 2.45) is 5.92 Å². The predicted octanol–water partition coefficient (Wildman–Crippen LogP) is 4.33. The molecular weight excluding hydrogens is 497 g/mol. The van der Waals surface area contributed by atoms with Gasteiger partial charge in [0.1, 0.15) is 11.6 Å². The Morgan fingerprint density at radius 3 is 2.69 bits per heavy atom. The number of likely N-dealkylation sites (tertiary alicyclic amines) is 1. The Kier molecular flexibility index (Phi) is 7.79. The molecule has 1 aromatic carbocycles. The molecule has 0 bridgehead atoms. The van der Waals surface area contributed by atoms with Gasteiger partial charge in [0.15, 0.2) is 0 Å². The number of fused-ring (bicyclic) bond motifs is 1. The lowest BCUT2D eigenvalue weighted by molar-refractivity contribution is 0.0951. The zero-order chi connectivity index (χ0) is 27.5. The lowest BCUT2D eigenvalue weighted by atomic mass is 9.96. The number of aryl methyl sites for hydroxylation is 1. The molecule has 1 aliphatic heterocycles. The van der Waals surface area contributed by atoms with Crippen LogP contribution < -0.4 is 15.6 Å². The number of methoxy groups -OCH3 is 1. The molecule has 2 N–H and O–H groups in total. The van der Waals surface area contributed by atoms with Crippen molar-refractivity contribution in [3.63, 3.8) is 0 Å². The molecular formula is C30H34FN5O3. The van der Waals surface area contributed by atoms with Gasteiger partial charge in [0.25, 0.3) is 11.5 Å². The number of nitrogens with one attached hydrogen (secondary N) is 2. The van der Waals surface area contributed by atoms with E-state index in [9.17, 15) is 14.0 Å². The van der Waals surface area contributed by atoms with E-state index in [-0.39, 0.29) is 23.8 Å². The number of pyridine rings is 2. The van der Waals surface area contributed by atoms with Gasteiger partial charge in [-0.15, -0.1) is 0 Å². The van der Waals surface area contributed by atoms with Gasteiger partial charge in [0.05, 0.1) is 31.0 Å². The number of piperidine rings is 1. The van der Waals surface area contributed by atoms with Gasteiger partial charge in [0.2, 0.25) is 0 Å². The number of hydrogen-bond donors (Lipinski definition) is 2. The molecule has 0 saturated carbocycles. The summed E-state index contributed by atoms with van der Waals surface area (Å²) in [5, 5.41) is 3.84. The summed E-state index contributed by atoms with van der Waals surface area (Å²) in [5.41, 5.74) is 4.27. The fourth-order valence-corrected chi connectivity index (χ4v) is 5.63. The van der Waals surface area contributed by atoms with Crippen molar-refractivity contribution in [1.29, 1.82) is 0 Å². The van der Waals surface area contributed by atoms with Crippen molar-refractivity contribution in [2.75, 3.05) is 20.2 Å². The number of carbonyl (C=O) groups is 1. The van der Waals surface area contributed by atoms with Gasteiger partial charge in [-0.05, 0) is 69.5 Å². The van der Waals surface area contributed by atoms with Crippen LogP contribution in [0.5, 0.6) is 5.75 Å². The van der Waals surface area contributed by atoms with Crippen LogP contribution in [0.25, 0.3) is 10.9 Å². The first-order chi connectivity index (χ1) is 18.8. The Morgan fingerprint density at radius 1 is 1.18 bits per heavy atom. The maximum atomic E-state index is 13.5. The lowest BCUT2D eigenvalue weighted by Crippen LogP contribution is -2.34. The highest BCUT2D eigenvalue weighted by Gasteiger charge is 2.25. The van der Waals surface area contributed by atoms with Crippen molar-refractivity contribution in [3.8, 4) is 5.75 Å². The number of halogens is 1. The first kappa shape index (κ1) is 26.6. The Hall–Kier alpha value is -3.98. The number of amides is 1. The largest absolute Gasteiger partial charge is 0.496 e. The molecule has 8 nitrogen and oxygen atoms in total. The minimum absolute atomic E-state index is 0.0653. The Bertz CT molecular complexity index is 1550. The average Bonchev–Trinajstić information content (AvgIpc) is 3.19. The molecule has 3 aromatic heterocycles. The molecule has 1 amide bonds. The van der Waals surface area contributed by atoms with Crippen molar-refractivity contribution < 1.29 is 13.9 Å². The van der Waals surface area contributed by atoms with E-state index in [1.165, 1.54) is 13.3 Å². The molecule has 39 heavy (non-hydrogen) atoms. The fourth-order valence-electron chi connectivity index (χ4n) is 5.63. The number of rotatable bonds is 8. The standard InChI is InChI=1S/C30H34FN5O3/c1-19-12-27(39-3)25(29(37)34-19)16-33-30(38)28-20(2)36(26-7-5-4-6-24(26)28)18-21-8-10-35(11-9-21)17-22-13-23(31)15-32-14-22/h4-7,12-15,21H,8-11,16-18H2,1-3H3,(H,33,38)(H,34,37). The molecule has 4 aromatic rings. The minimum Gasteiger partial charge on any atom is -0.496 e. The Balaban J connectivity index is 1.30. The first-order valence-corrected chi connectivity index (χ1v) is 13.3. The zero-order valence-corrected chi connectivity index (χ0v) is 22.6. The van der Waals surface area contributed by atoms with Gasteiger partial charge in [-0.3, -0.25) is 19.5 Å². The number of H-pyrrole nitrogens is 1. The number of nitrogens with zero attached hydrogens (tertiary/aromatic N) is 3. The smallest absolute Gasteiger partial charge is 0.256 e. The summed E-state index contributed by atoms with van der Waals surface area (Å²) < 4.78 is 21.1. The van der Waals surface area contributed by atoms with E-state index in [1.807, 2.05) is 25.1 Å². The normalized spacial score (nSPS) is 14.6. The summed E-state index contributed by atoms with van der Waals surface area (Å²) >= 11 is 0. The number of aromatic nitrogens is 3. The van der Waals surface area contributed by atoms with E-state index in [2.05, 4.69) is 30.8 Å². The Labute approximate surface area is 226 Å². The van der Waals surface area contributed by atoms with Crippen molar-refractivity contribution in [1.82, 2.24) is 24.8 Å². The topological polar surface area (TPSA) is 92.2 Å². The number of benzene rings is 1. The predicted molar refractivity (Wildman–Crippen MR) is 148 cm³/mol. The SMILES string of the molecule is COc1cc(C)[nH]c(=O)c1CNC(=O)c1c(C)n(CC2CCN(Cc3cncc(F)c3)CC2)c2ccccc12. The lowest BCUT2D eigenvalue weighted by Gasteiger charge is -2.32. The Morgan fingerprint density at radius 2 is 1.95 bits per heavy atom. The zero-order valence-electron chi connectivity index (χ0n) is 22.6. The molecule has 1 aliphatic rings.